The van der Waals surface area contributed by atoms with Crippen molar-refractivity contribution in [1.29, 1.82) is 0 Å². The van der Waals surface area contributed by atoms with Gasteiger partial charge in [-0.05, 0) is 0 Å². The lowest BCUT2D eigenvalue weighted by atomic mass is 10.0. The summed E-state index contributed by atoms with van der Waals surface area (Å²) in [5.41, 5.74) is 0. The molecule has 0 aromatic rings. The first kappa shape index (κ1) is 20.4. The number of aliphatic hydroxyl groups excluding tert-OH is 4. The highest BCUT2D eigenvalue weighted by Crippen LogP contribution is 2.40. The van der Waals surface area contributed by atoms with Crippen LogP contribution in [0, 0.1) is 0 Å². The average molecular weight is 461 g/mol. The molecule has 2 heterocycles. The van der Waals surface area contributed by atoms with Gasteiger partial charge in [0.2, 0.25) is 5.79 Å². The molecule has 2 saturated heterocycles. The van der Waals surface area contributed by atoms with Gasteiger partial charge in [-0.1, -0.05) is 15.9 Å². The van der Waals surface area contributed by atoms with Crippen molar-refractivity contribution in [1.82, 2.24) is 0 Å². The Morgan fingerprint density at radius 2 is 1.78 bits per heavy atom. The summed E-state index contributed by atoms with van der Waals surface area (Å²) in [5, 5.41) is 38.6. The van der Waals surface area contributed by atoms with Crippen molar-refractivity contribution in [2.24, 2.45) is 0 Å². The van der Waals surface area contributed by atoms with Gasteiger partial charge in [-0.2, -0.15) is 0 Å². The first-order chi connectivity index (χ1) is 10.8. The van der Waals surface area contributed by atoms with Crippen molar-refractivity contribution in [3.8, 4) is 0 Å². The molecule has 0 unspecified atom stereocenters. The first-order valence-electron chi connectivity index (χ1n) is 6.87. The Kier molecular flexibility index (Phi) is 7.25. The van der Waals surface area contributed by atoms with Gasteiger partial charge in [0, 0.05) is 5.88 Å². The van der Waals surface area contributed by atoms with Crippen molar-refractivity contribution in [3.05, 3.63) is 0 Å². The van der Waals surface area contributed by atoms with E-state index in [-0.39, 0.29) is 11.8 Å². The van der Waals surface area contributed by atoms with E-state index in [0.29, 0.717) is 0 Å². The molecular formula is C12H18BrCl3O7. The van der Waals surface area contributed by atoms with E-state index in [1.165, 1.54) is 0 Å². The maximum Gasteiger partial charge on any atom is 0.212 e. The van der Waals surface area contributed by atoms with Crippen LogP contribution in [0.4, 0.5) is 0 Å². The number of hydrogen-bond donors (Lipinski definition) is 4. The quantitative estimate of drug-likeness (QED) is 0.419. The molecule has 2 aliphatic rings. The Hall–Kier alpha value is 1.07. The lowest BCUT2D eigenvalue weighted by Gasteiger charge is -2.43. The third kappa shape index (κ3) is 3.78. The molecule has 0 aromatic heterocycles. The molecule has 7 nitrogen and oxygen atoms in total. The van der Waals surface area contributed by atoms with Crippen LogP contribution < -0.4 is 0 Å². The van der Waals surface area contributed by atoms with Crippen LogP contribution in [0.2, 0.25) is 0 Å². The second-order valence-corrected chi connectivity index (χ2v) is 7.55. The molecule has 0 saturated carbocycles. The van der Waals surface area contributed by atoms with Crippen LogP contribution in [-0.2, 0) is 14.2 Å². The number of hydrogen-bond acceptors (Lipinski definition) is 7. The Balaban J connectivity index is 2.18. The third-order valence-corrected chi connectivity index (χ3v) is 6.22. The van der Waals surface area contributed by atoms with Gasteiger partial charge in [-0.25, -0.2) is 0 Å². The van der Waals surface area contributed by atoms with Gasteiger partial charge in [-0.15, -0.1) is 34.8 Å². The molecule has 136 valence electrons. The van der Waals surface area contributed by atoms with E-state index >= 15 is 0 Å². The zero-order valence-corrected chi connectivity index (χ0v) is 15.6. The predicted octanol–water partition coefficient (Wildman–Crippen LogP) is -0.254. The SMILES string of the molecule is OC[C@H]1O[C@H](O[C@]2(CCl)O[C@H](CCl)[C@@H](Br)[C@@H]2O)[C@H](O)[C@@H](O)[C@H]1Cl. The third-order valence-electron chi connectivity index (χ3n) is 3.91. The second kappa shape index (κ2) is 8.18. The molecular weight excluding hydrogens is 442 g/mol. The molecule has 2 rings (SSSR count). The number of aliphatic hydroxyl groups is 4. The van der Waals surface area contributed by atoms with Crippen LogP contribution in [-0.4, -0.2) is 91.6 Å². The minimum atomic E-state index is -1.69. The number of halogens is 4. The minimum Gasteiger partial charge on any atom is -0.394 e. The average Bonchev–Trinajstić information content (AvgIpc) is 2.80. The van der Waals surface area contributed by atoms with E-state index in [2.05, 4.69) is 15.9 Å². The van der Waals surface area contributed by atoms with Gasteiger partial charge in [0.25, 0.3) is 0 Å². The normalized spacial score (nSPS) is 51.1. The molecule has 0 bridgehead atoms. The summed E-state index contributed by atoms with van der Waals surface area (Å²) in [7, 11) is 0. The molecule has 2 aliphatic heterocycles. The highest BCUT2D eigenvalue weighted by atomic mass is 79.9. The summed E-state index contributed by atoms with van der Waals surface area (Å²) in [4.78, 5) is -0.543. The van der Waals surface area contributed by atoms with E-state index in [1.54, 1.807) is 0 Å². The molecule has 0 spiro atoms. The van der Waals surface area contributed by atoms with Gasteiger partial charge < -0.3 is 34.6 Å². The first-order valence-corrected chi connectivity index (χ1v) is 9.29. The molecule has 0 radical (unpaired) electrons. The fraction of sp³-hybridized carbons (Fsp3) is 1.00. The Morgan fingerprint density at radius 1 is 1.13 bits per heavy atom. The number of ether oxygens (including phenoxy) is 3. The van der Waals surface area contributed by atoms with E-state index < -0.39 is 59.4 Å². The van der Waals surface area contributed by atoms with Crippen molar-refractivity contribution in [2.75, 3.05) is 18.4 Å². The molecule has 2 fully saturated rings. The van der Waals surface area contributed by atoms with Gasteiger partial charge >= 0.3 is 0 Å². The van der Waals surface area contributed by atoms with Crippen molar-refractivity contribution < 1.29 is 34.6 Å². The van der Waals surface area contributed by atoms with E-state index in [1.807, 2.05) is 0 Å². The van der Waals surface area contributed by atoms with Crippen LogP contribution in [0.25, 0.3) is 0 Å². The van der Waals surface area contributed by atoms with Gasteiger partial charge in [0.1, 0.15) is 24.4 Å². The highest BCUT2D eigenvalue weighted by molar-refractivity contribution is 9.09. The molecule has 11 heteroatoms. The van der Waals surface area contributed by atoms with Gasteiger partial charge in [0.15, 0.2) is 6.29 Å². The van der Waals surface area contributed by atoms with E-state index in [9.17, 15) is 20.4 Å². The second-order valence-electron chi connectivity index (χ2n) is 5.41. The fourth-order valence-electron chi connectivity index (χ4n) is 2.53. The van der Waals surface area contributed by atoms with Crippen LogP contribution in [0.1, 0.15) is 0 Å². The zero-order valence-electron chi connectivity index (χ0n) is 11.8. The highest BCUT2D eigenvalue weighted by Gasteiger charge is 2.57. The monoisotopic (exact) mass is 458 g/mol. The summed E-state index contributed by atoms with van der Waals surface area (Å²) < 4.78 is 16.5. The number of rotatable bonds is 5. The van der Waals surface area contributed by atoms with Crippen molar-refractivity contribution >= 4 is 50.7 Å². The molecule has 0 aromatic carbocycles. The summed E-state index contributed by atoms with van der Waals surface area (Å²) in [6.07, 6.45) is -7.06. The van der Waals surface area contributed by atoms with Crippen LogP contribution in [0.15, 0.2) is 0 Å². The standard InChI is InChI=1S/C12H18BrCl3O7/c13-6-4(1-14)22-12(3-15,10(6)20)23-11-9(19)8(18)7(16)5(2-17)21-11/h4-11,17-20H,1-3H2/t4-,5-,6-,7+,8+,9-,10+,11-,12+/m1/s1. The largest absolute Gasteiger partial charge is 0.394 e. The fourth-order valence-corrected chi connectivity index (χ4v) is 4.27. The summed E-state index contributed by atoms with van der Waals surface area (Å²) in [5.74, 6) is -1.89. The summed E-state index contributed by atoms with van der Waals surface area (Å²) in [6, 6.07) is 0. The van der Waals surface area contributed by atoms with Crippen LogP contribution in [0.3, 0.4) is 0 Å². The predicted molar refractivity (Wildman–Crippen MR) is 86.3 cm³/mol. The molecule has 0 aliphatic carbocycles. The Bertz CT molecular complexity index is 407. The lowest BCUT2D eigenvalue weighted by molar-refractivity contribution is -0.357. The van der Waals surface area contributed by atoms with Crippen molar-refractivity contribution in [2.45, 2.75) is 52.8 Å². The lowest BCUT2D eigenvalue weighted by Crippen LogP contribution is -2.61. The van der Waals surface area contributed by atoms with E-state index in [4.69, 9.17) is 49.0 Å². The number of alkyl halides is 4. The summed E-state index contributed by atoms with van der Waals surface area (Å²) in [6.45, 7) is -0.486. The maximum absolute atomic E-state index is 10.4. The minimum absolute atomic E-state index is 0.0781. The Labute approximate surface area is 156 Å². The smallest absolute Gasteiger partial charge is 0.212 e. The van der Waals surface area contributed by atoms with E-state index in [0.717, 1.165) is 0 Å². The Morgan fingerprint density at radius 3 is 2.26 bits per heavy atom. The van der Waals surface area contributed by atoms with Crippen LogP contribution in [0.5, 0.6) is 0 Å². The topological polar surface area (TPSA) is 109 Å². The van der Waals surface area contributed by atoms with Crippen LogP contribution >= 0.6 is 50.7 Å². The molecule has 23 heavy (non-hydrogen) atoms. The van der Waals surface area contributed by atoms with Gasteiger partial charge in [0.05, 0.1) is 28.8 Å². The van der Waals surface area contributed by atoms with Gasteiger partial charge in [-0.3, -0.25) is 0 Å². The van der Waals surface area contributed by atoms with Crippen molar-refractivity contribution in [3.63, 3.8) is 0 Å². The molecule has 0 amide bonds. The molecule has 4 N–H and O–H groups in total. The molecule has 9 atom stereocenters. The summed E-state index contributed by atoms with van der Waals surface area (Å²) >= 11 is 20.8. The zero-order chi connectivity index (χ0) is 17.4. The maximum atomic E-state index is 10.4.